The van der Waals surface area contributed by atoms with Crippen molar-refractivity contribution in [3.63, 3.8) is 0 Å². The Labute approximate surface area is 582 Å². The number of benzene rings is 12. The molecule has 6 heteroatoms. The minimum absolute atomic E-state index is 0.00999. The highest BCUT2D eigenvalue weighted by Gasteiger charge is 2.46. The van der Waals surface area contributed by atoms with Gasteiger partial charge in [-0.3, -0.25) is 0 Å². The number of rotatable bonds is 6. The van der Waals surface area contributed by atoms with Gasteiger partial charge in [-0.15, -0.1) is 11.3 Å². The Morgan fingerprint density at radius 2 is 0.776 bits per heavy atom. The van der Waals surface area contributed by atoms with Gasteiger partial charge < -0.3 is 18.9 Å². The highest BCUT2D eigenvalue weighted by Crippen LogP contribution is 2.53. The van der Waals surface area contributed by atoms with Crippen LogP contribution in [0.1, 0.15) is 132 Å². The van der Waals surface area contributed by atoms with Crippen LogP contribution in [0.25, 0.3) is 97.4 Å². The smallest absolute Gasteiger partial charge is 0.252 e. The van der Waals surface area contributed by atoms with Crippen LogP contribution in [0.5, 0.6) is 0 Å². The van der Waals surface area contributed by atoms with E-state index in [1.807, 2.05) is 11.3 Å². The Kier molecular flexibility index (Phi) is 13.7. The molecule has 0 radical (unpaired) electrons. The molecular formula is C92H85BN4S. The van der Waals surface area contributed by atoms with Crippen molar-refractivity contribution in [2.45, 2.75) is 131 Å². The van der Waals surface area contributed by atoms with E-state index in [-0.39, 0.29) is 33.8 Å². The monoisotopic (exact) mass is 1290 g/mol. The lowest BCUT2D eigenvalue weighted by molar-refractivity contribution is 0.569. The van der Waals surface area contributed by atoms with E-state index >= 15 is 0 Å². The summed E-state index contributed by atoms with van der Waals surface area (Å²) in [5.74, 6) is 0. The van der Waals surface area contributed by atoms with E-state index in [1.54, 1.807) is 0 Å². The lowest BCUT2D eigenvalue weighted by Gasteiger charge is -2.45. The number of hydrogen-bond donors (Lipinski definition) is 0. The van der Waals surface area contributed by atoms with Crippen molar-refractivity contribution in [3.8, 4) is 33.6 Å². The molecule has 17 rings (SSSR count). The Bertz CT molecular complexity index is 5750. The predicted octanol–water partition coefficient (Wildman–Crippen LogP) is 24.2. The summed E-state index contributed by atoms with van der Waals surface area (Å²) < 4.78 is 7.59. The van der Waals surface area contributed by atoms with Crippen LogP contribution in [0.4, 0.5) is 34.1 Å². The van der Waals surface area contributed by atoms with Gasteiger partial charge in [0.1, 0.15) is 0 Å². The molecule has 3 aromatic heterocycles. The highest BCUT2D eigenvalue weighted by atomic mass is 32.1. The van der Waals surface area contributed by atoms with Crippen molar-refractivity contribution in [1.82, 2.24) is 9.13 Å². The first-order chi connectivity index (χ1) is 46.8. The standard InChI is InChI=1S/C92H85BN4S/c1-88(2,3)59-39-36-56(37-40-59)70-50-60(89(4,5)6)41-45-77(70)96-82-53-65(95-76-33-23-20-29-67(76)72-54-71-66-28-19-22-32-75(66)94(79(71)55-80(72)95)64-26-17-16-18-27-64)42-44-74(82)93-73-43-38-57(58-46-61(90(7,8)9)49-62(47-58)91(10,11)12)48-81(73)97(84-52-63(92(13,14)15)51-83(96)86(84)93)78-34-25-31-69-68-30-21-24-35-85(68)98-87(69)78/h16-55H,1-15H3. The molecule has 0 amide bonds. The third kappa shape index (κ3) is 9.82. The van der Waals surface area contributed by atoms with E-state index in [0.717, 1.165) is 17.1 Å². The number of nitrogens with zero attached hydrogens (tertiary/aromatic N) is 4. The second-order valence-electron chi connectivity index (χ2n) is 33.1. The molecule has 0 bridgehead atoms. The van der Waals surface area contributed by atoms with Gasteiger partial charge in [0.15, 0.2) is 0 Å². The zero-order chi connectivity index (χ0) is 67.9. The van der Waals surface area contributed by atoms with Gasteiger partial charge in [0.2, 0.25) is 0 Å². The topological polar surface area (TPSA) is 16.3 Å². The number of fused-ring (bicyclic) bond motifs is 13. The highest BCUT2D eigenvalue weighted by molar-refractivity contribution is 7.26. The number of anilines is 6. The molecule has 12 aromatic carbocycles. The van der Waals surface area contributed by atoms with Crippen LogP contribution < -0.4 is 26.2 Å². The fourth-order valence-corrected chi connectivity index (χ4v) is 17.2. The normalized spacial score (nSPS) is 13.6. The molecule has 2 aliphatic rings. The van der Waals surface area contributed by atoms with Crippen LogP contribution in [-0.2, 0) is 27.1 Å². The van der Waals surface area contributed by atoms with Gasteiger partial charge in [-0.1, -0.05) is 256 Å². The summed E-state index contributed by atoms with van der Waals surface area (Å²) in [6.07, 6.45) is 0. The van der Waals surface area contributed by atoms with Crippen LogP contribution in [0.2, 0.25) is 0 Å². The molecule has 5 heterocycles. The van der Waals surface area contributed by atoms with Crippen LogP contribution in [0, 0.1) is 0 Å². The van der Waals surface area contributed by atoms with Crippen molar-refractivity contribution >= 4 is 132 Å². The minimum Gasteiger partial charge on any atom is -0.311 e. The van der Waals surface area contributed by atoms with E-state index in [4.69, 9.17) is 0 Å². The molecule has 0 aliphatic carbocycles. The lowest BCUT2D eigenvalue weighted by atomic mass is 9.33. The third-order valence-electron chi connectivity index (χ3n) is 21.4. The second kappa shape index (κ2) is 21.8. The zero-order valence-corrected chi connectivity index (χ0v) is 60.2. The Morgan fingerprint density at radius 1 is 0.276 bits per heavy atom. The quantitative estimate of drug-likeness (QED) is 0.154. The minimum atomic E-state index is -0.249. The van der Waals surface area contributed by atoms with E-state index in [1.165, 1.54) is 159 Å². The largest absolute Gasteiger partial charge is 0.311 e. The van der Waals surface area contributed by atoms with E-state index in [0.29, 0.717) is 0 Å². The molecule has 0 N–H and O–H groups in total. The first kappa shape index (κ1) is 61.7. The van der Waals surface area contributed by atoms with Crippen molar-refractivity contribution in [2.24, 2.45) is 0 Å². The average Bonchev–Trinajstić information content (AvgIpc) is 0.750. The van der Waals surface area contributed by atoms with Gasteiger partial charge in [0, 0.05) is 76.7 Å². The maximum Gasteiger partial charge on any atom is 0.252 e. The summed E-state index contributed by atoms with van der Waals surface area (Å²) in [6.45, 7) is 35.2. The first-order valence-electron chi connectivity index (χ1n) is 35.2. The molecular weight excluding hydrogens is 1200 g/mol. The van der Waals surface area contributed by atoms with Crippen LogP contribution in [-0.4, -0.2) is 15.8 Å². The molecule has 482 valence electrons. The molecule has 98 heavy (non-hydrogen) atoms. The number of thiophene rings is 1. The molecule has 15 aromatic rings. The second-order valence-corrected chi connectivity index (χ2v) is 34.1. The molecule has 0 saturated heterocycles. The number of hydrogen-bond acceptors (Lipinski definition) is 3. The Balaban J connectivity index is 1.00. The third-order valence-corrected chi connectivity index (χ3v) is 22.7. The SMILES string of the molecule is CC(C)(C)c1ccc(-c2cc(C(C)(C)C)ccc2N2c3cc(-n4c5ccccc5c5cc6c7ccccc7n(-c7ccccc7)c6cc54)ccc3B3c4ccc(-c5cc(C(C)(C)C)cc(C(C)(C)C)c5)cc4N(c4cccc5c4sc4ccccc45)c4cc(C(C)(C)C)cc2c43)cc1. The lowest BCUT2D eigenvalue weighted by Crippen LogP contribution is -2.61. The van der Waals surface area contributed by atoms with Crippen LogP contribution in [0.3, 0.4) is 0 Å². The molecule has 0 atom stereocenters. The zero-order valence-electron chi connectivity index (χ0n) is 59.4. The van der Waals surface area contributed by atoms with Crippen molar-refractivity contribution in [1.29, 1.82) is 0 Å². The number of para-hydroxylation sites is 3. The van der Waals surface area contributed by atoms with Gasteiger partial charge in [-0.25, -0.2) is 0 Å². The predicted molar refractivity (Wildman–Crippen MR) is 426 cm³/mol. The van der Waals surface area contributed by atoms with E-state index in [9.17, 15) is 0 Å². The average molecular weight is 1290 g/mol. The number of aromatic nitrogens is 2. The Hall–Kier alpha value is -9.88. The summed E-state index contributed by atoms with van der Waals surface area (Å²) in [6, 6.07) is 94.2. The van der Waals surface area contributed by atoms with Crippen LogP contribution in [0.15, 0.2) is 243 Å². The fraction of sp³-hybridized carbons (Fsp3) is 0.217. The summed E-state index contributed by atoms with van der Waals surface area (Å²) >= 11 is 1.91. The van der Waals surface area contributed by atoms with E-state index in [2.05, 4.69) is 365 Å². The van der Waals surface area contributed by atoms with Gasteiger partial charge in [0.05, 0.1) is 38.1 Å². The molecule has 2 aliphatic heterocycles. The van der Waals surface area contributed by atoms with Crippen molar-refractivity contribution in [3.05, 3.63) is 270 Å². The first-order valence-corrected chi connectivity index (χ1v) is 36.0. The maximum absolute atomic E-state index is 2.70. The van der Waals surface area contributed by atoms with Gasteiger partial charge in [0.25, 0.3) is 6.71 Å². The molecule has 0 saturated carbocycles. The van der Waals surface area contributed by atoms with Crippen molar-refractivity contribution in [2.75, 3.05) is 9.80 Å². The summed E-state index contributed by atoms with van der Waals surface area (Å²) in [7, 11) is 0. The van der Waals surface area contributed by atoms with Gasteiger partial charge >= 0.3 is 0 Å². The maximum atomic E-state index is 2.70. The van der Waals surface area contributed by atoms with Crippen molar-refractivity contribution < 1.29 is 0 Å². The van der Waals surface area contributed by atoms with Gasteiger partial charge in [-0.05, 0) is 179 Å². The van der Waals surface area contributed by atoms with Crippen LogP contribution >= 0.6 is 11.3 Å². The Morgan fingerprint density at radius 3 is 1.39 bits per heavy atom. The molecule has 4 nitrogen and oxygen atoms in total. The molecule has 0 spiro atoms. The summed E-state index contributed by atoms with van der Waals surface area (Å²) in [4.78, 5) is 5.39. The molecule has 0 unspecified atom stereocenters. The summed E-state index contributed by atoms with van der Waals surface area (Å²) in [5, 5.41) is 7.53. The molecule has 0 fully saturated rings. The summed E-state index contributed by atoms with van der Waals surface area (Å²) in [5.41, 5.74) is 28.9. The van der Waals surface area contributed by atoms with E-state index < -0.39 is 0 Å². The van der Waals surface area contributed by atoms with Gasteiger partial charge in [-0.2, -0.15) is 0 Å². The fourth-order valence-electron chi connectivity index (χ4n) is 16.0.